The van der Waals surface area contributed by atoms with E-state index >= 15 is 0 Å². The molecule has 0 saturated heterocycles. The van der Waals surface area contributed by atoms with Gasteiger partial charge in [0.15, 0.2) is 0 Å². The van der Waals surface area contributed by atoms with Crippen LogP contribution in [0.3, 0.4) is 0 Å². The minimum absolute atomic E-state index is 0.772. The van der Waals surface area contributed by atoms with Crippen LogP contribution in [0.5, 0.6) is 0 Å². The van der Waals surface area contributed by atoms with Crippen LogP contribution in [0.4, 0.5) is 11.5 Å². The highest BCUT2D eigenvalue weighted by molar-refractivity contribution is 5.52. The third kappa shape index (κ3) is 1.96. The van der Waals surface area contributed by atoms with Gasteiger partial charge in [0, 0.05) is 31.0 Å². The summed E-state index contributed by atoms with van der Waals surface area (Å²) in [6.07, 6.45) is 2.85. The Kier molecular flexibility index (Phi) is 2.44. The minimum Gasteiger partial charge on any atom is -0.399 e. The molecule has 0 aliphatic carbocycles. The topological polar surface area (TPSA) is 42.1 Å². The molecule has 86 valence electrons. The predicted octanol–water partition coefficient (Wildman–Crippen LogP) is 2.23. The van der Waals surface area contributed by atoms with Crippen molar-refractivity contribution in [2.24, 2.45) is 0 Å². The Bertz CT molecular complexity index is 536. The average molecular weight is 225 g/mol. The molecule has 17 heavy (non-hydrogen) atoms. The SMILES string of the molecule is Nc1ccnc(N2CCc3ccccc3C2)c1. The van der Waals surface area contributed by atoms with Crippen molar-refractivity contribution in [2.75, 3.05) is 17.2 Å². The van der Waals surface area contributed by atoms with E-state index in [0.29, 0.717) is 0 Å². The van der Waals surface area contributed by atoms with Crippen LogP contribution < -0.4 is 10.6 Å². The standard InChI is InChI=1S/C14H15N3/c15-13-5-7-16-14(9-13)17-8-6-11-3-1-2-4-12(11)10-17/h1-5,7,9H,6,8,10H2,(H2,15,16). The van der Waals surface area contributed by atoms with E-state index < -0.39 is 0 Å². The molecule has 0 spiro atoms. The summed E-state index contributed by atoms with van der Waals surface area (Å²) in [7, 11) is 0. The highest BCUT2D eigenvalue weighted by Gasteiger charge is 2.16. The number of aromatic nitrogens is 1. The fraction of sp³-hybridized carbons (Fsp3) is 0.214. The first kappa shape index (κ1) is 10.1. The molecule has 2 heterocycles. The van der Waals surface area contributed by atoms with Gasteiger partial charge in [-0.2, -0.15) is 0 Å². The molecule has 2 aromatic rings. The van der Waals surface area contributed by atoms with Crippen LogP contribution in [0.25, 0.3) is 0 Å². The summed E-state index contributed by atoms with van der Waals surface area (Å²) < 4.78 is 0. The molecule has 1 aromatic heterocycles. The fourth-order valence-electron chi connectivity index (χ4n) is 2.30. The van der Waals surface area contributed by atoms with Gasteiger partial charge in [0.25, 0.3) is 0 Å². The number of anilines is 2. The molecule has 1 aliphatic heterocycles. The van der Waals surface area contributed by atoms with E-state index in [1.165, 1.54) is 11.1 Å². The van der Waals surface area contributed by atoms with Crippen molar-refractivity contribution < 1.29 is 0 Å². The number of rotatable bonds is 1. The number of benzene rings is 1. The predicted molar refractivity (Wildman–Crippen MR) is 69.8 cm³/mol. The first-order chi connectivity index (χ1) is 8.33. The van der Waals surface area contributed by atoms with Crippen molar-refractivity contribution in [1.82, 2.24) is 4.98 Å². The van der Waals surface area contributed by atoms with E-state index in [-0.39, 0.29) is 0 Å². The Morgan fingerprint density at radius 3 is 2.76 bits per heavy atom. The monoisotopic (exact) mass is 225 g/mol. The molecule has 0 atom stereocenters. The molecule has 2 N–H and O–H groups in total. The van der Waals surface area contributed by atoms with Gasteiger partial charge in [-0.25, -0.2) is 4.98 Å². The van der Waals surface area contributed by atoms with Crippen LogP contribution >= 0.6 is 0 Å². The number of hydrogen-bond acceptors (Lipinski definition) is 3. The van der Waals surface area contributed by atoms with Gasteiger partial charge in [-0.1, -0.05) is 24.3 Å². The summed E-state index contributed by atoms with van der Waals surface area (Å²) in [5.74, 6) is 0.972. The molecule has 1 aromatic carbocycles. The van der Waals surface area contributed by atoms with Crippen molar-refractivity contribution in [3.8, 4) is 0 Å². The molecule has 0 bridgehead atoms. The first-order valence-corrected chi connectivity index (χ1v) is 5.86. The maximum atomic E-state index is 5.79. The second kappa shape index (κ2) is 4.09. The number of hydrogen-bond donors (Lipinski definition) is 1. The van der Waals surface area contributed by atoms with Crippen molar-refractivity contribution in [1.29, 1.82) is 0 Å². The highest BCUT2D eigenvalue weighted by Crippen LogP contribution is 2.23. The lowest BCUT2D eigenvalue weighted by Gasteiger charge is -2.29. The van der Waals surface area contributed by atoms with Gasteiger partial charge in [0.1, 0.15) is 5.82 Å². The molecule has 3 nitrogen and oxygen atoms in total. The van der Waals surface area contributed by atoms with Crippen LogP contribution in [0.1, 0.15) is 11.1 Å². The summed E-state index contributed by atoms with van der Waals surface area (Å²) in [4.78, 5) is 6.66. The van der Waals surface area contributed by atoms with Crippen LogP contribution in [0.15, 0.2) is 42.6 Å². The molecule has 0 fully saturated rings. The van der Waals surface area contributed by atoms with Crippen LogP contribution in [0, 0.1) is 0 Å². The van der Waals surface area contributed by atoms with E-state index in [1.54, 1.807) is 6.20 Å². The van der Waals surface area contributed by atoms with Crippen LogP contribution in [0.2, 0.25) is 0 Å². The van der Waals surface area contributed by atoms with Gasteiger partial charge in [0.2, 0.25) is 0 Å². The summed E-state index contributed by atoms with van der Waals surface area (Å²) in [5, 5.41) is 0. The average Bonchev–Trinajstić information content (AvgIpc) is 2.38. The number of fused-ring (bicyclic) bond motifs is 1. The maximum Gasteiger partial charge on any atom is 0.130 e. The zero-order valence-corrected chi connectivity index (χ0v) is 9.63. The minimum atomic E-state index is 0.772. The number of nitrogens with two attached hydrogens (primary N) is 1. The molecule has 0 unspecified atom stereocenters. The molecule has 0 saturated carbocycles. The fourth-order valence-corrected chi connectivity index (χ4v) is 2.30. The smallest absolute Gasteiger partial charge is 0.130 e. The zero-order chi connectivity index (χ0) is 11.7. The lowest BCUT2D eigenvalue weighted by atomic mass is 10.00. The third-order valence-electron chi connectivity index (χ3n) is 3.22. The number of nitrogens with zero attached hydrogens (tertiary/aromatic N) is 2. The molecule has 3 heteroatoms. The Balaban J connectivity index is 1.89. The largest absolute Gasteiger partial charge is 0.399 e. The van der Waals surface area contributed by atoms with Gasteiger partial charge >= 0.3 is 0 Å². The Morgan fingerprint density at radius 1 is 1.12 bits per heavy atom. The Morgan fingerprint density at radius 2 is 1.94 bits per heavy atom. The first-order valence-electron chi connectivity index (χ1n) is 5.86. The van der Waals surface area contributed by atoms with E-state index in [1.807, 2.05) is 12.1 Å². The summed E-state index contributed by atoms with van der Waals surface area (Å²) >= 11 is 0. The Labute approximate surface area is 101 Å². The van der Waals surface area contributed by atoms with E-state index in [0.717, 1.165) is 31.0 Å². The highest BCUT2D eigenvalue weighted by atomic mass is 15.2. The number of nitrogen functional groups attached to an aromatic ring is 1. The van der Waals surface area contributed by atoms with E-state index in [9.17, 15) is 0 Å². The Hall–Kier alpha value is -2.03. The quantitative estimate of drug-likeness (QED) is 0.809. The second-order valence-electron chi connectivity index (χ2n) is 4.39. The second-order valence-corrected chi connectivity index (χ2v) is 4.39. The summed E-state index contributed by atoms with van der Waals surface area (Å²) in [6.45, 7) is 1.93. The van der Waals surface area contributed by atoms with E-state index in [2.05, 4.69) is 34.1 Å². The van der Waals surface area contributed by atoms with Crippen molar-refractivity contribution in [3.63, 3.8) is 0 Å². The molecule has 0 amide bonds. The normalized spacial score (nSPS) is 14.5. The molecule has 1 aliphatic rings. The van der Waals surface area contributed by atoms with Crippen molar-refractivity contribution in [2.45, 2.75) is 13.0 Å². The molecule has 3 rings (SSSR count). The third-order valence-corrected chi connectivity index (χ3v) is 3.22. The van der Waals surface area contributed by atoms with Gasteiger partial charge in [-0.3, -0.25) is 0 Å². The number of pyridine rings is 1. The molecular formula is C14H15N3. The molecular weight excluding hydrogens is 210 g/mol. The zero-order valence-electron chi connectivity index (χ0n) is 9.63. The van der Waals surface area contributed by atoms with Gasteiger partial charge in [-0.05, 0) is 23.6 Å². The van der Waals surface area contributed by atoms with Crippen molar-refractivity contribution in [3.05, 3.63) is 53.7 Å². The lowest BCUT2D eigenvalue weighted by molar-refractivity contribution is 0.721. The van der Waals surface area contributed by atoms with Gasteiger partial charge in [0.05, 0.1) is 0 Å². The van der Waals surface area contributed by atoms with Crippen LogP contribution in [-0.2, 0) is 13.0 Å². The van der Waals surface area contributed by atoms with Crippen molar-refractivity contribution >= 4 is 11.5 Å². The summed E-state index contributed by atoms with van der Waals surface area (Å²) in [5.41, 5.74) is 9.41. The summed E-state index contributed by atoms with van der Waals surface area (Å²) in [6, 6.07) is 12.4. The van der Waals surface area contributed by atoms with Crippen LogP contribution in [-0.4, -0.2) is 11.5 Å². The molecule has 0 radical (unpaired) electrons. The van der Waals surface area contributed by atoms with Gasteiger partial charge < -0.3 is 10.6 Å². The lowest BCUT2D eigenvalue weighted by Crippen LogP contribution is -2.30. The van der Waals surface area contributed by atoms with E-state index in [4.69, 9.17) is 5.73 Å². The van der Waals surface area contributed by atoms with Gasteiger partial charge in [-0.15, -0.1) is 0 Å². The maximum absolute atomic E-state index is 5.79.